The Bertz CT molecular complexity index is 858. The zero-order valence-corrected chi connectivity index (χ0v) is 14.9. The van der Waals surface area contributed by atoms with Gasteiger partial charge >= 0.3 is 0 Å². The summed E-state index contributed by atoms with van der Waals surface area (Å²) in [6, 6.07) is 15.2. The third-order valence-corrected chi connectivity index (χ3v) is 3.34. The Morgan fingerprint density at radius 3 is 2.81 bits per heavy atom. The van der Waals surface area contributed by atoms with Crippen LogP contribution < -0.4 is 9.47 Å². The van der Waals surface area contributed by atoms with Crippen molar-refractivity contribution in [1.82, 2.24) is 0 Å². The molecule has 2 aromatic rings. The molecular formula is C21H20N2O3. The van der Waals surface area contributed by atoms with Crippen LogP contribution in [0.2, 0.25) is 0 Å². The van der Waals surface area contributed by atoms with Crippen LogP contribution in [0.15, 0.2) is 47.6 Å². The molecule has 2 rings (SSSR count). The van der Waals surface area contributed by atoms with Crippen LogP contribution in [0, 0.1) is 23.2 Å². The summed E-state index contributed by atoms with van der Waals surface area (Å²) < 4.78 is 11.0. The maximum absolute atomic E-state index is 8.75. The van der Waals surface area contributed by atoms with E-state index in [1.165, 1.54) is 0 Å². The van der Waals surface area contributed by atoms with E-state index in [0.717, 1.165) is 16.7 Å². The molecule has 0 saturated carbocycles. The smallest absolute Gasteiger partial charge is 0.162 e. The Hall–Kier alpha value is -3.44. The van der Waals surface area contributed by atoms with E-state index in [-0.39, 0.29) is 6.61 Å². The van der Waals surface area contributed by atoms with E-state index < -0.39 is 0 Å². The second kappa shape index (κ2) is 10.4. The monoisotopic (exact) mass is 348 g/mol. The predicted molar refractivity (Wildman–Crippen MR) is 100 cm³/mol. The quantitative estimate of drug-likeness (QED) is 0.436. The van der Waals surface area contributed by atoms with Crippen LogP contribution >= 0.6 is 0 Å². The Morgan fingerprint density at radius 1 is 1.15 bits per heavy atom. The summed E-state index contributed by atoms with van der Waals surface area (Å²) in [4.78, 5) is 4.95. The number of nitrogens with zero attached hydrogens (tertiary/aromatic N) is 2. The number of methoxy groups -OCH3 is 1. The van der Waals surface area contributed by atoms with E-state index in [0.29, 0.717) is 24.5 Å². The molecule has 0 radical (unpaired) electrons. The third-order valence-electron chi connectivity index (χ3n) is 3.34. The first-order chi connectivity index (χ1) is 12.8. The lowest BCUT2D eigenvalue weighted by Crippen LogP contribution is -1.98. The average Bonchev–Trinajstić information content (AvgIpc) is 2.66. The number of hydrogen-bond donors (Lipinski definition) is 0. The van der Waals surface area contributed by atoms with Crippen LogP contribution in [0.5, 0.6) is 11.5 Å². The van der Waals surface area contributed by atoms with E-state index in [1.807, 2.05) is 43.3 Å². The van der Waals surface area contributed by atoms with Gasteiger partial charge in [0.15, 0.2) is 11.5 Å². The van der Waals surface area contributed by atoms with Gasteiger partial charge in [0.25, 0.3) is 0 Å². The molecule has 0 unspecified atom stereocenters. The van der Waals surface area contributed by atoms with Crippen molar-refractivity contribution in [2.75, 3.05) is 20.3 Å². The summed E-state index contributed by atoms with van der Waals surface area (Å²) in [6.45, 7) is 2.62. The van der Waals surface area contributed by atoms with Crippen molar-refractivity contribution in [2.24, 2.45) is 5.16 Å². The highest BCUT2D eigenvalue weighted by molar-refractivity contribution is 5.80. The molecule has 0 saturated heterocycles. The van der Waals surface area contributed by atoms with Crippen LogP contribution in [0.25, 0.3) is 0 Å². The lowest BCUT2D eigenvalue weighted by atomic mass is 10.1. The molecule has 2 aromatic carbocycles. The number of nitriles is 1. The van der Waals surface area contributed by atoms with E-state index in [4.69, 9.17) is 19.6 Å². The fourth-order valence-corrected chi connectivity index (χ4v) is 2.16. The van der Waals surface area contributed by atoms with Crippen molar-refractivity contribution < 1.29 is 14.3 Å². The van der Waals surface area contributed by atoms with Crippen molar-refractivity contribution in [2.45, 2.75) is 13.3 Å². The van der Waals surface area contributed by atoms with Gasteiger partial charge in [-0.3, -0.25) is 0 Å². The summed E-state index contributed by atoms with van der Waals surface area (Å²) in [5.74, 6) is 7.21. The van der Waals surface area contributed by atoms with Gasteiger partial charge in [0.2, 0.25) is 0 Å². The molecule has 5 heteroatoms. The SMILES string of the molecule is CCO/N=C/c1ccc(OCC#Cc2cccc(CC#N)c2)c(OC)c1. The second-order valence-electron chi connectivity index (χ2n) is 5.19. The summed E-state index contributed by atoms with van der Waals surface area (Å²) in [5, 5.41) is 12.6. The first-order valence-electron chi connectivity index (χ1n) is 8.17. The lowest BCUT2D eigenvalue weighted by Gasteiger charge is -2.09. The van der Waals surface area contributed by atoms with Crippen LogP contribution in [-0.2, 0) is 11.3 Å². The molecule has 0 amide bonds. The first-order valence-corrected chi connectivity index (χ1v) is 8.17. The van der Waals surface area contributed by atoms with Crippen molar-refractivity contribution in [1.29, 1.82) is 5.26 Å². The minimum absolute atomic E-state index is 0.227. The normalized spacial score (nSPS) is 9.88. The van der Waals surface area contributed by atoms with Gasteiger partial charge in [0.1, 0.15) is 13.2 Å². The molecule has 26 heavy (non-hydrogen) atoms. The van der Waals surface area contributed by atoms with E-state index >= 15 is 0 Å². The van der Waals surface area contributed by atoms with Gasteiger partial charge in [-0.1, -0.05) is 29.1 Å². The molecule has 5 nitrogen and oxygen atoms in total. The molecule has 0 aliphatic rings. The molecular weight excluding hydrogens is 328 g/mol. The zero-order chi connectivity index (χ0) is 18.6. The number of oxime groups is 1. The van der Waals surface area contributed by atoms with Crippen LogP contribution in [-0.4, -0.2) is 26.5 Å². The highest BCUT2D eigenvalue weighted by Crippen LogP contribution is 2.27. The fraction of sp³-hybridized carbons (Fsp3) is 0.238. The Labute approximate surface area is 153 Å². The predicted octanol–water partition coefficient (Wildman–Crippen LogP) is 3.56. The van der Waals surface area contributed by atoms with Crippen molar-refractivity contribution in [3.05, 3.63) is 59.2 Å². The third kappa shape index (κ3) is 5.89. The highest BCUT2D eigenvalue weighted by atomic mass is 16.6. The van der Waals surface area contributed by atoms with Gasteiger partial charge in [-0.25, -0.2) is 0 Å². The van der Waals surface area contributed by atoms with Gasteiger partial charge in [0.05, 0.1) is 25.8 Å². The van der Waals surface area contributed by atoms with Gasteiger partial charge < -0.3 is 14.3 Å². The number of hydrogen-bond acceptors (Lipinski definition) is 5. The Kier molecular flexibility index (Phi) is 7.58. The van der Waals surface area contributed by atoms with Crippen LogP contribution in [0.4, 0.5) is 0 Å². The van der Waals surface area contributed by atoms with Gasteiger partial charge in [0, 0.05) is 11.1 Å². The summed E-state index contributed by atoms with van der Waals surface area (Å²) >= 11 is 0. The lowest BCUT2D eigenvalue weighted by molar-refractivity contribution is 0.160. The first kappa shape index (κ1) is 18.9. The van der Waals surface area contributed by atoms with E-state index in [1.54, 1.807) is 19.4 Å². The number of rotatable bonds is 7. The van der Waals surface area contributed by atoms with Gasteiger partial charge in [-0.15, -0.1) is 0 Å². The van der Waals surface area contributed by atoms with Crippen molar-refractivity contribution >= 4 is 6.21 Å². The summed E-state index contributed by atoms with van der Waals surface area (Å²) in [6.07, 6.45) is 1.99. The molecule has 0 N–H and O–H groups in total. The molecule has 0 fully saturated rings. The fourth-order valence-electron chi connectivity index (χ4n) is 2.16. The maximum Gasteiger partial charge on any atom is 0.162 e. The van der Waals surface area contributed by atoms with Crippen molar-refractivity contribution in [3.63, 3.8) is 0 Å². The molecule has 0 heterocycles. The molecule has 0 spiro atoms. The van der Waals surface area contributed by atoms with E-state index in [9.17, 15) is 0 Å². The molecule has 0 atom stereocenters. The summed E-state index contributed by atoms with van der Waals surface area (Å²) in [7, 11) is 1.58. The topological polar surface area (TPSA) is 63.8 Å². The minimum Gasteiger partial charge on any atom is -0.493 e. The number of benzene rings is 2. The van der Waals surface area contributed by atoms with E-state index in [2.05, 4.69) is 23.1 Å². The average molecular weight is 348 g/mol. The molecule has 0 aliphatic carbocycles. The Morgan fingerprint density at radius 2 is 2.04 bits per heavy atom. The molecule has 0 aliphatic heterocycles. The molecule has 0 bridgehead atoms. The second-order valence-corrected chi connectivity index (χ2v) is 5.19. The zero-order valence-electron chi connectivity index (χ0n) is 14.9. The number of ether oxygens (including phenoxy) is 2. The summed E-state index contributed by atoms with van der Waals surface area (Å²) in [5.41, 5.74) is 2.66. The maximum atomic E-state index is 8.75. The van der Waals surface area contributed by atoms with Crippen LogP contribution in [0.1, 0.15) is 23.6 Å². The van der Waals surface area contributed by atoms with Crippen LogP contribution in [0.3, 0.4) is 0 Å². The highest BCUT2D eigenvalue weighted by Gasteiger charge is 2.04. The Balaban J connectivity index is 1.99. The largest absolute Gasteiger partial charge is 0.493 e. The van der Waals surface area contributed by atoms with Gasteiger partial charge in [-0.2, -0.15) is 5.26 Å². The minimum atomic E-state index is 0.227. The molecule has 0 aromatic heterocycles. The van der Waals surface area contributed by atoms with Crippen molar-refractivity contribution in [3.8, 4) is 29.4 Å². The molecule has 132 valence electrons. The van der Waals surface area contributed by atoms with Gasteiger partial charge in [-0.05, 0) is 42.8 Å². The standard InChI is InChI=1S/C21H20N2O3/c1-3-26-23-16-19-9-10-20(21(15-19)24-2)25-13-5-8-17-6-4-7-18(14-17)11-12-22/h4,6-7,9-10,14-16H,3,11,13H2,1-2H3/b23-16+.